The number of hydrogen-bond acceptors (Lipinski definition) is 4. The predicted octanol–water partition coefficient (Wildman–Crippen LogP) is 2.75. The van der Waals surface area contributed by atoms with Gasteiger partial charge in [0.25, 0.3) is 5.91 Å². The van der Waals surface area contributed by atoms with Crippen LogP contribution in [-0.2, 0) is 20.7 Å². The van der Waals surface area contributed by atoms with Crippen LogP contribution in [0, 0.1) is 0 Å². The second-order valence-electron chi connectivity index (χ2n) is 8.36. The Balaban J connectivity index is 1.40. The number of fused-ring (bicyclic) bond motifs is 2. The summed E-state index contributed by atoms with van der Waals surface area (Å²) in [6, 6.07) is 21.6. The van der Waals surface area contributed by atoms with Gasteiger partial charge in [-0.05, 0) is 34.9 Å². The van der Waals surface area contributed by atoms with Crippen molar-refractivity contribution in [2.24, 2.45) is 0 Å². The molecule has 0 aromatic heterocycles. The molecule has 32 heavy (non-hydrogen) atoms. The molecule has 3 aromatic carbocycles. The lowest BCUT2D eigenvalue weighted by Gasteiger charge is -2.27. The highest BCUT2D eigenvalue weighted by Gasteiger charge is 2.48. The van der Waals surface area contributed by atoms with Crippen molar-refractivity contribution in [3.05, 3.63) is 83.9 Å². The third kappa shape index (κ3) is 3.89. The van der Waals surface area contributed by atoms with Crippen LogP contribution in [0.15, 0.2) is 72.8 Å². The summed E-state index contributed by atoms with van der Waals surface area (Å²) in [5.41, 5.74) is 1.43. The fourth-order valence-corrected chi connectivity index (χ4v) is 4.66. The highest BCUT2D eigenvalue weighted by molar-refractivity contribution is 6.01. The molecule has 2 aliphatic rings. The maximum Gasteiger partial charge on any atom is 0.251 e. The van der Waals surface area contributed by atoms with E-state index in [2.05, 4.69) is 5.32 Å². The van der Waals surface area contributed by atoms with Crippen LogP contribution in [0.5, 0.6) is 0 Å². The zero-order valence-corrected chi connectivity index (χ0v) is 17.6. The van der Waals surface area contributed by atoms with E-state index in [4.69, 9.17) is 4.74 Å². The Bertz CT molecular complexity index is 1180. The van der Waals surface area contributed by atoms with Gasteiger partial charge in [0.15, 0.2) is 5.78 Å². The number of benzene rings is 3. The first-order valence-electron chi connectivity index (χ1n) is 10.9. The smallest absolute Gasteiger partial charge is 0.251 e. The Morgan fingerprint density at radius 3 is 2.56 bits per heavy atom. The lowest BCUT2D eigenvalue weighted by atomic mass is 10.0. The summed E-state index contributed by atoms with van der Waals surface area (Å²) in [5.74, 6) is -0.621. The molecule has 2 fully saturated rings. The van der Waals surface area contributed by atoms with Crippen molar-refractivity contribution in [1.29, 1.82) is 0 Å². The first kappa shape index (κ1) is 20.4. The average molecular weight is 428 g/mol. The van der Waals surface area contributed by atoms with Gasteiger partial charge in [0.2, 0.25) is 5.91 Å². The van der Waals surface area contributed by atoms with Crippen molar-refractivity contribution in [1.82, 2.24) is 10.2 Å². The molecule has 5 rings (SSSR count). The van der Waals surface area contributed by atoms with Gasteiger partial charge in [-0.3, -0.25) is 14.4 Å². The summed E-state index contributed by atoms with van der Waals surface area (Å²) in [6.07, 6.45) is 0.751. The van der Waals surface area contributed by atoms with Gasteiger partial charge in [-0.1, -0.05) is 60.7 Å². The molecule has 0 bridgehead atoms. The van der Waals surface area contributed by atoms with E-state index in [9.17, 15) is 14.4 Å². The molecule has 0 aliphatic carbocycles. The Labute approximate surface area is 186 Å². The molecule has 2 aliphatic heterocycles. The fraction of sp³-hybridized carbons (Fsp3) is 0.269. The molecule has 162 valence electrons. The number of likely N-dealkylation sites (tertiary alicyclic amines) is 1. The molecule has 0 saturated carbocycles. The highest BCUT2D eigenvalue weighted by Crippen LogP contribution is 2.28. The highest BCUT2D eigenvalue weighted by atomic mass is 16.5. The second kappa shape index (κ2) is 8.55. The molecule has 0 radical (unpaired) electrons. The molecular weight excluding hydrogens is 404 g/mol. The summed E-state index contributed by atoms with van der Waals surface area (Å²) >= 11 is 0. The van der Waals surface area contributed by atoms with E-state index in [1.54, 1.807) is 11.0 Å². The van der Waals surface area contributed by atoms with Crippen LogP contribution in [0.1, 0.15) is 22.3 Å². The van der Waals surface area contributed by atoms with Crippen molar-refractivity contribution in [3.8, 4) is 0 Å². The fourth-order valence-electron chi connectivity index (χ4n) is 4.66. The standard InChI is InChI=1S/C26H24N2O4/c29-22-16-32-23-12-13-28(24(22)23)26(31)21(14-17-6-2-1-3-7-17)27-25(30)20-11-10-18-8-4-5-9-19(18)15-20/h1-11,15,21,23-24H,12-14,16H2,(H,27,30). The van der Waals surface area contributed by atoms with Crippen molar-refractivity contribution in [2.75, 3.05) is 13.2 Å². The maximum absolute atomic E-state index is 13.5. The van der Waals surface area contributed by atoms with Gasteiger partial charge in [0, 0.05) is 18.5 Å². The van der Waals surface area contributed by atoms with Crippen LogP contribution in [-0.4, -0.2) is 53.8 Å². The molecule has 0 spiro atoms. The predicted molar refractivity (Wildman–Crippen MR) is 120 cm³/mol. The van der Waals surface area contributed by atoms with E-state index in [1.165, 1.54) is 0 Å². The molecule has 2 saturated heterocycles. The summed E-state index contributed by atoms with van der Waals surface area (Å²) in [5, 5.41) is 4.94. The molecule has 6 nitrogen and oxygen atoms in total. The van der Waals surface area contributed by atoms with Gasteiger partial charge in [-0.2, -0.15) is 0 Å². The minimum Gasteiger partial charge on any atom is -0.368 e. The first-order chi connectivity index (χ1) is 15.6. The number of nitrogens with one attached hydrogen (secondary N) is 1. The lowest BCUT2D eigenvalue weighted by molar-refractivity contribution is -0.138. The number of hydrogen-bond donors (Lipinski definition) is 1. The average Bonchev–Trinajstić information content (AvgIpc) is 3.41. The van der Waals surface area contributed by atoms with Crippen LogP contribution < -0.4 is 5.32 Å². The molecule has 6 heteroatoms. The topological polar surface area (TPSA) is 75.7 Å². The van der Waals surface area contributed by atoms with E-state index in [0.717, 1.165) is 16.3 Å². The zero-order chi connectivity index (χ0) is 22.1. The van der Waals surface area contributed by atoms with Gasteiger partial charge < -0.3 is 15.0 Å². The van der Waals surface area contributed by atoms with E-state index in [1.807, 2.05) is 66.7 Å². The van der Waals surface area contributed by atoms with Crippen LogP contribution in [0.2, 0.25) is 0 Å². The van der Waals surface area contributed by atoms with Gasteiger partial charge in [0.05, 0.1) is 6.10 Å². The van der Waals surface area contributed by atoms with Gasteiger partial charge in [-0.25, -0.2) is 0 Å². The van der Waals surface area contributed by atoms with Crippen molar-refractivity contribution in [3.63, 3.8) is 0 Å². The van der Waals surface area contributed by atoms with Crippen LogP contribution in [0.25, 0.3) is 10.8 Å². The first-order valence-corrected chi connectivity index (χ1v) is 10.9. The third-order valence-electron chi connectivity index (χ3n) is 6.29. The number of ketones is 1. The molecule has 2 heterocycles. The monoisotopic (exact) mass is 428 g/mol. The van der Waals surface area contributed by atoms with E-state index < -0.39 is 12.1 Å². The molecule has 1 N–H and O–H groups in total. The van der Waals surface area contributed by atoms with Crippen molar-refractivity contribution >= 4 is 28.4 Å². The summed E-state index contributed by atoms with van der Waals surface area (Å²) < 4.78 is 5.53. The maximum atomic E-state index is 13.5. The van der Waals surface area contributed by atoms with E-state index in [-0.39, 0.29) is 30.3 Å². The lowest BCUT2D eigenvalue weighted by Crippen LogP contribution is -2.53. The Morgan fingerprint density at radius 2 is 1.75 bits per heavy atom. The Kier molecular flexibility index (Phi) is 5.45. The van der Waals surface area contributed by atoms with Crippen LogP contribution in [0.3, 0.4) is 0 Å². The summed E-state index contributed by atoms with van der Waals surface area (Å²) in [4.78, 5) is 40.6. The number of carbonyl (C=O) groups is 3. The number of nitrogens with zero attached hydrogens (tertiary/aromatic N) is 1. The zero-order valence-electron chi connectivity index (χ0n) is 17.6. The number of ether oxygens (including phenoxy) is 1. The summed E-state index contributed by atoms with van der Waals surface area (Å²) in [7, 11) is 0. The van der Waals surface area contributed by atoms with E-state index >= 15 is 0 Å². The van der Waals surface area contributed by atoms with Crippen LogP contribution in [0.4, 0.5) is 0 Å². The quantitative estimate of drug-likeness (QED) is 0.678. The molecule has 3 aromatic rings. The normalized spacial score (nSPS) is 20.9. The van der Waals surface area contributed by atoms with Crippen molar-refractivity contribution in [2.45, 2.75) is 31.0 Å². The molecule has 3 atom stereocenters. The molecule has 3 unspecified atom stereocenters. The number of amides is 2. The van der Waals surface area contributed by atoms with Crippen LogP contribution >= 0.6 is 0 Å². The van der Waals surface area contributed by atoms with Crippen molar-refractivity contribution < 1.29 is 19.1 Å². The van der Waals surface area contributed by atoms with E-state index in [0.29, 0.717) is 24.9 Å². The molecular formula is C26H24N2O4. The number of carbonyl (C=O) groups excluding carboxylic acids is 3. The third-order valence-corrected chi connectivity index (χ3v) is 6.29. The Morgan fingerprint density at radius 1 is 1.00 bits per heavy atom. The number of Topliss-reactive ketones (excluding diaryl/α,β-unsaturated/α-hetero) is 1. The molecule has 2 amide bonds. The van der Waals surface area contributed by atoms with Gasteiger partial charge >= 0.3 is 0 Å². The second-order valence-corrected chi connectivity index (χ2v) is 8.36. The largest absolute Gasteiger partial charge is 0.368 e. The Hall–Kier alpha value is -3.51. The number of rotatable bonds is 5. The SMILES string of the molecule is O=C(NC(Cc1ccccc1)C(=O)N1CCC2OCC(=O)C21)c1ccc2ccccc2c1. The summed E-state index contributed by atoms with van der Waals surface area (Å²) in [6.45, 7) is 0.503. The van der Waals surface area contributed by atoms with Gasteiger partial charge in [0.1, 0.15) is 18.7 Å². The van der Waals surface area contributed by atoms with Gasteiger partial charge in [-0.15, -0.1) is 0 Å². The minimum absolute atomic E-state index is 0.0475. The minimum atomic E-state index is -0.775.